The highest BCUT2D eigenvalue weighted by Gasteiger charge is 2.23. The van der Waals surface area contributed by atoms with Gasteiger partial charge in [-0.1, -0.05) is 6.07 Å². The van der Waals surface area contributed by atoms with Crippen LogP contribution in [0.15, 0.2) is 46.4 Å². The van der Waals surface area contributed by atoms with Gasteiger partial charge in [-0.15, -0.1) is 11.3 Å². The fourth-order valence-corrected chi connectivity index (χ4v) is 3.41. The van der Waals surface area contributed by atoms with Crippen molar-refractivity contribution >= 4 is 28.2 Å². The van der Waals surface area contributed by atoms with Crippen molar-refractivity contribution < 1.29 is 28.6 Å². The number of nitrogens with one attached hydrogen (secondary N) is 1. The Kier molecular flexibility index (Phi) is 4.94. The predicted octanol–water partition coefficient (Wildman–Crippen LogP) is 3.98. The Labute approximate surface area is 152 Å². The van der Waals surface area contributed by atoms with E-state index in [0.717, 1.165) is 11.3 Å². The molecule has 0 aliphatic rings. The van der Waals surface area contributed by atoms with Crippen LogP contribution in [0, 0.1) is 0 Å². The second-order valence-electron chi connectivity index (χ2n) is 5.16. The van der Waals surface area contributed by atoms with Gasteiger partial charge in [0, 0.05) is 10.9 Å². The predicted molar refractivity (Wildman–Crippen MR) is 96.5 cm³/mol. The van der Waals surface area contributed by atoms with Gasteiger partial charge in [-0.3, -0.25) is 4.79 Å². The van der Waals surface area contributed by atoms with Gasteiger partial charge in [0.1, 0.15) is 10.6 Å². The molecule has 0 bridgehead atoms. The number of methoxy groups -OCH3 is 2. The second-order valence-corrected chi connectivity index (χ2v) is 6.04. The fraction of sp³-hybridized carbons (Fsp3) is 0.111. The average molecular weight is 373 g/mol. The molecule has 0 aliphatic heterocycles. The van der Waals surface area contributed by atoms with Crippen LogP contribution in [0.3, 0.4) is 0 Å². The van der Waals surface area contributed by atoms with E-state index < -0.39 is 11.9 Å². The standard InChI is InChI=1S/C18H15NO6S/c1-23-12-6-5-10(8-14(12)24-2)11-9-26-17(15(11)18(21)22)19-16(20)13-4-3-7-25-13/h3-9H,1-2H3,(H,19,20)(H,21,22). The third-order valence-electron chi connectivity index (χ3n) is 3.67. The number of hydrogen-bond donors (Lipinski definition) is 2. The molecule has 0 saturated heterocycles. The summed E-state index contributed by atoms with van der Waals surface area (Å²) in [6.45, 7) is 0. The number of amides is 1. The molecule has 0 radical (unpaired) electrons. The summed E-state index contributed by atoms with van der Waals surface area (Å²) in [5, 5.41) is 14.1. The highest BCUT2D eigenvalue weighted by molar-refractivity contribution is 7.15. The monoisotopic (exact) mass is 373 g/mol. The quantitative estimate of drug-likeness (QED) is 0.678. The molecule has 0 spiro atoms. The van der Waals surface area contributed by atoms with Gasteiger partial charge in [-0.05, 0) is 29.8 Å². The molecule has 7 nitrogen and oxygen atoms in total. The fourth-order valence-electron chi connectivity index (χ4n) is 2.45. The summed E-state index contributed by atoms with van der Waals surface area (Å²) in [6, 6.07) is 8.19. The summed E-state index contributed by atoms with van der Waals surface area (Å²) in [7, 11) is 3.02. The Morgan fingerprint density at radius 3 is 2.54 bits per heavy atom. The molecule has 26 heavy (non-hydrogen) atoms. The van der Waals surface area contributed by atoms with Gasteiger partial charge in [0.25, 0.3) is 5.91 Å². The van der Waals surface area contributed by atoms with Crippen LogP contribution in [-0.4, -0.2) is 31.2 Å². The van der Waals surface area contributed by atoms with E-state index in [9.17, 15) is 14.7 Å². The lowest BCUT2D eigenvalue weighted by Crippen LogP contribution is -2.12. The molecule has 0 atom stereocenters. The third kappa shape index (κ3) is 3.27. The Bertz CT molecular complexity index is 945. The van der Waals surface area contributed by atoms with E-state index >= 15 is 0 Å². The molecule has 0 fully saturated rings. The van der Waals surface area contributed by atoms with E-state index in [1.807, 2.05) is 0 Å². The number of carboxylic acid groups (broad SMARTS) is 1. The van der Waals surface area contributed by atoms with Crippen LogP contribution in [0.25, 0.3) is 11.1 Å². The van der Waals surface area contributed by atoms with Crippen LogP contribution in [0.1, 0.15) is 20.9 Å². The summed E-state index contributed by atoms with van der Waals surface area (Å²) in [6.07, 6.45) is 1.37. The van der Waals surface area contributed by atoms with Crippen LogP contribution < -0.4 is 14.8 Å². The Morgan fingerprint density at radius 1 is 1.15 bits per heavy atom. The number of aromatic carboxylic acids is 1. The average Bonchev–Trinajstić information content (AvgIpc) is 3.30. The first kappa shape index (κ1) is 17.6. The molecule has 0 saturated carbocycles. The summed E-state index contributed by atoms with van der Waals surface area (Å²) >= 11 is 1.12. The number of furan rings is 1. The van der Waals surface area contributed by atoms with Gasteiger partial charge in [0.05, 0.1) is 20.5 Å². The van der Waals surface area contributed by atoms with Crippen LogP contribution in [0.2, 0.25) is 0 Å². The normalized spacial score (nSPS) is 10.4. The number of carbonyl (C=O) groups is 2. The number of ether oxygens (including phenoxy) is 2. The van der Waals surface area contributed by atoms with E-state index in [0.29, 0.717) is 22.6 Å². The van der Waals surface area contributed by atoms with Gasteiger partial charge < -0.3 is 24.3 Å². The number of thiophene rings is 1. The topological polar surface area (TPSA) is 98.0 Å². The van der Waals surface area contributed by atoms with Crippen molar-refractivity contribution in [2.75, 3.05) is 19.5 Å². The summed E-state index contributed by atoms with van der Waals surface area (Å²) in [4.78, 5) is 24.0. The molecular weight excluding hydrogens is 358 g/mol. The minimum absolute atomic E-state index is 0.00197. The first-order valence-corrected chi connectivity index (χ1v) is 8.35. The van der Waals surface area contributed by atoms with Crippen LogP contribution in [-0.2, 0) is 0 Å². The highest BCUT2D eigenvalue weighted by atomic mass is 32.1. The Balaban J connectivity index is 2.00. The Morgan fingerprint density at radius 2 is 1.92 bits per heavy atom. The van der Waals surface area contributed by atoms with E-state index in [-0.39, 0.29) is 16.3 Å². The molecule has 2 N–H and O–H groups in total. The van der Waals surface area contributed by atoms with Crippen molar-refractivity contribution in [3.8, 4) is 22.6 Å². The lowest BCUT2D eigenvalue weighted by molar-refractivity contribution is 0.0699. The lowest BCUT2D eigenvalue weighted by atomic mass is 10.0. The minimum atomic E-state index is -1.15. The van der Waals surface area contributed by atoms with E-state index in [1.165, 1.54) is 26.5 Å². The van der Waals surface area contributed by atoms with E-state index in [2.05, 4.69) is 5.32 Å². The smallest absolute Gasteiger partial charge is 0.339 e. The van der Waals surface area contributed by atoms with Crippen LogP contribution in [0.4, 0.5) is 5.00 Å². The molecule has 8 heteroatoms. The van der Waals surface area contributed by atoms with E-state index in [4.69, 9.17) is 13.9 Å². The van der Waals surface area contributed by atoms with Gasteiger partial charge in [-0.25, -0.2) is 4.79 Å². The summed E-state index contributed by atoms with van der Waals surface area (Å²) in [5.74, 6) is -0.546. The molecule has 3 aromatic rings. The molecule has 2 aromatic heterocycles. The highest BCUT2D eigenvalue weighted by Crippen LogP contribution is 2.39. The van der Waals surface area contributed by atoms with Gasteiger partial charge >= 0.3 is 5.97 Å². The van der Waals surface area contributed by atoms with Gasteiger partial charge in [0.2, 0.25) is 0 Å². The maximum absolute atomic E-state index is 12.2. The molecule has 2 heterocycles. The molecule has 1 amide bonds. The Hall–Kier alpha value is -3.26. The van der Waals surface area contributed by atoms with Crippen LogP contribution in [0.5, 0.6) is 11.5 Å². The zero-order valence-corrected chi connectivity index (χ0v) is 14.8. The third-order valence-corrected chi connectivity index (χ3v) is 4.57. The van der Waals surface area contributed by atoms with Gasteiger partial charge in [0.15, 0.2) is 17.3 Å². The number of carboxylic acids is 1. The van der Waals surface area contributed by atoms with Crippen molar-refractivity contribution in [1.29, 1.82) is 0 Å². The zero-order valence-electron chi connectivity index (χ0n) is 13.9. The molecule has 0 unspecified atom stereocenters. The van der Waals surface area contributed by atoms with Crippen LogP contribution >= 0.6 is 11.3 Å². The molecule has 134 valence electrons. The number of anilines is 1. The molecular formula is C18H15NO6S. The molecule has 1 aromatic carbocycles. The number of hydrogen-bond acceptors (Lipinski definition) is 6. The number of benzene rings is 1. The number of carbonyl (C=O) groups excluding carboxylic acids is 1. The lowest BCUT2D eigenvalue weighted by Gasteiger charge is -2.10. The largest absolute Gasteiger partial charge is 0.493 e. The van der Waals surface area contributed by atoms with Gasteiger partial charge in [-0.2, -0.15) is 0 Å². The number of rotatable bonds is 6. The van der Waals surface area contributed by atoms with Crippen molar-refractivity contribution in [2.24, 2.45) is 0 Å². The SMILES string of the molecule is COc1ccc(-c2csc(NC(=O)c3ccco3)c2C(=O)O)cc1OC. The van der Waals surface area contributed by atoms with Crippen molar-refractivity contribution in [3.05, 3.63) is 53.3 Å². The molecule has 0 aliphatic carbocycles. The van der Waals surface area contributed by atoms with E-state index in [1.54, 1.807) is 29.6 Å². The maximum Gasteiger partial charge on any atom is 0.339 e. The first-order chi connectivity index (χ1) is 12.5. The van der Waals surface area contributed by atoms with Crippen molar-refractivity contribution in [1.82, 2.24) is 0 Å². The first-order valence-electron chi connectivity index (χ1n) is 7.47. The second kappa shape index (κ2) is 7.32. The minimum Gasteiger partial charge on any atom is -0.493 e. The molecule has 3 rings (SSSR count). The summed E-state index contributed by atoms with van der Waals surface area (Å²) in [5.41, 5.74) is 1.11. The maximum atomic E-state index is 12.2. The summed E-state index contributed by atoms with van der Waals surface area (Å²) < 4.78 is 15.5. The van der Waals surface area contributed by atoms with Crippen molar-refractivity contribution in [2.45, 2.75) is 0 Å². The van der Waals surface area contributed by atoms with Crippen molar-refractivity contribution in [3.63, 3.8) is 0 Å². The zero-order chi connectivity index (χ0) is 18.7.